The van der Waals surface area contributed by atoms with E-state index in [4.69, 9.17) is 5.11 Å². The summed E-state index contributed by atoms with van der Waals surface area (Å²) in [6, 6.07) is -1.79. The van der Waals surface area contributed by atoms with Crippen LogP contribution in [-0.2, 0) is 9.53 Å². The minimum Gasteiger partial charge on any atom is -0.480 e. The number of alkyl halides is 3. The van der Waals surface area contributed by atoms with Crippen LogP contribution < -0.4 is 10.6 Å². The van der Waals surface area contributed by atoms with Crippen molar-refractivity contribution in [1.82, 2.24) is 10.6 Å². The van der Waals surface area contributed by atoms with Gasteiger partial charge in [0, 0.05) is 6.54 Å². The summed E-state index contributed by atoms with van der Waals surface area (Å²) in [5.41, 5.74) is 0. The van der Waals surface area contributed by atoms with Crippen LogP contribution in [0.2, 0.25) is 0 Å². The van der Waals surface area contributed by atoms with E-state index in [1.807, 2.05) is 0 Å². The Labute approximate surface area is 101 Å². The van der Waals surface area contributed by atoms with E-state index in [1.165, 1.54) is 0 Å². The van der Waals surface area contributed by atoms with Crippen LogP contribution >= 0.6 is 0 Å². The Morgan fingerprint density at radius 2 is 2.00 bits per heavy atom. The van der Waals surface area contributed by atoms with E-state index in [0.29, 0.717) is 0 Å². The van der Waals surface area contributed by atoms with Gasteiger partial charge in [0.2, 0.25) is 0 Å². The first-order valence-corrected chi connectivity index (χ1v) is 5.18. The first-order chi connectivity index (χ1) is 8.26. The molecular formula is C9H15F3N2O4. The average Bonchev–Trinajstić information content (AvgIpc) is 2.23. The third-order valence-corrected chi connectivity index (χ3v) is 1.81. The van der Waals surface area contributed by atoms with Crippen molar-refractivity contribution < 1.29 is 32.6 Å². The number of hydrogen-bond donors (Lipinski definition) is 3. The smallest absolute Gasteiger partial charge is 0.411 e. The molecule has 3 N–H and O–H groups in total. The van der Waals surface area contributed by atoms with Crippen molar-refractivity contribution >= 4 is 12.0 Å². The van der Waals surface area contributed by atoms with Gasteiger partial charge in [0.05, 0.1) is 6.61 Å². The highest BCUT2D eigenvalue weighted by atomic mass is 19.4. The molecule has 0 aromatic carbocycles. The molecule has 106 valence electrons. The second-order valence-corrected chi connectivity index (χ2v) is 3.37. The fraction of sp³-hybridized carbons (Fsp3) is 0.778. The number of ether oxygens (including phenoxy) is 1. The summed E-state index contributed by atoms with van der Waals surface area (Å²) in [7, 11) is 0. The van der Waals surface area contributed by atoms with Crippen molar-refractivity contribution in [2.75, 3.05) is 19.8 Å². The van der Waals surface area contributed by atoms with Crippen molar-refractivity contribution in [2.45, 2.75) is 25.6 Å². The third kappa shape index (κ3) is 8.62. The maximum atomic E-state index is 11.7. The summed E-state index contributed by atoms with van der Waals surface area (Å²) < 4.78 is 39.2. The summed E-state index contributed by atoms with van der Waals surface area (Å²) in [5, 5.41) is 13.0. The van der Waals surface area contributed by atoms with Crippen molar-refractivity contribution in [3.8, 4) is 0 Å². The Balaban J connectivity index is 3.68. The van der Waals surface area contributed by atoms with Crippen LogP contribution in [0.3, 0.4) is 0 Å². The van der Waals surface area contributed by atoms with E-state index < -0.39 is 30.8 Å². The minimum absolute atomic E-state index is 0.141. The van der Waals surface area contributed by atoms with Gasteiger partial charge in [0.15, 0.2) is 0 Å². The van der Waals surface area contributed by atoms with E-state index in [9.17, 15) is 22.8 Å². The van der Waals surface area contributed by atoms with Gasteiger partial charge in [0.1, 0.15) is 12.6 Å². The van der Waals surface area contributed by atoms with Gasteiger partial charge in [-0.3, -0.25) is 0 Å². The number of carboxylic acids is 1. The van der Waals surface area contributed by atoms with Gasteiger partial charge in [-0.1, -0.05) is 6.92 Å². The Morgan fingerprint density at radius 1 is 1.39 bits per heavy atom. The molecule has 1 atom stereocenters. The predicted octanol–water partition coefficient (Wildman–Crippen LogP) is 0.728. The first kappa shape index (κ1) is 16.5. The van der Waals surface area contributed by atoms with E-state index in [2.05, 4.69) is 15.4 Å². The molecule has 0 aliphatic carbocycles. The maximum Gasteiger partial charge on any atom is 0.411 e. The van der Waals surface area contributed by atoms with Gasteiger partial charge in [0.25, 0.3) is 0 Å². The molecule has 2 amide bonds. The summed E-state index contributed by atoms with van der Waals surface area (Å²) in [4.78, 5) is 21.7. The Kier molecular flexibility index (Phi) is 7.10. The van der Waals surface area contributed by atoms with Gasteiger partial charge in [-0.2, -0.15) is 13.2 Å². The number of halogens is 3. The fourth-order valence-electron chi connectivity index (χ4n) is 0.972. The van der Waals surface area contributed by atoms with Crippen LogP contribution in [0.1, 0.15) is 13.3 Å². The van der Waals surface area contributed by atoms with Gasteiger partial charge in [-0.15, -0.1) is 0 Å². The number of carboxylic acid groups (broad SMARTS) is 1. The maximum absolute atomic E-state index is 11.7. The highest BCUT2D eigenvalue weighted by molar-refractivity contribution is 5.82. The molecule has 0 aromatic heterocycles. The summed E-state index contributed by atoms with van der Waals surface area (Å²) >= 11 is 0. The van der Waals surface area contributed by atoms with E-state index in [0.717, 1.165) is 0 Å². The highest BCUT2D eigenvalue weighted by Crippen LogP contribution is 2.13. The van der Waals surface area contributed by atoms with E-state index in [-0.39, 0.29) is 19.6 Å². The molecule has 0 aliphatic heterocycles. The van der Waals surface area contributed by atoms with Crippen molar-refractivity contribution in [3.05, 3.63) is 0 Å². The second kappa shape index (κ2) is 7.75. The normalized spacial score (nSPS) is 12.9. The zero-order valence-corrected chi connectivity index (χ0v) is 9.71. The molecule has 0 saturated heterocycles. The molecule has 0 rings (SSSR count). The predicted molar refractivity (Wildman–Crippen MR) is 55.1 cm³/mol. The van der Waals surface area contributed by atoms with Gasteiger partial charge in [-0.05, 0) is 6.42 Å². The fourth-order valence-corrected chi connectivity index (χ4v) is 0.972. The zero-order valence-electron chi connectivity index (χ0n) is 9.71. The standard InChI is InChI=1S/C9H15F3N2O4/c1-2-6(7(15)16)14-8(17)13-3-4-18-5-9(10,11)12/h6H,2-5H2,1H3,(H,15,16)(H2,13,14,17)/t6-/m0/s1. The van der Waals surface area contributed by atoms with E-state index in [1.54, 1.807) is 6.92 Å². The van der Waals surface area contributed by atoms with Crippen molar-refractivity contribution in [3.63, 3.8) is 0 Å². The molecular weight excluding hydrogens is 257 g/mol. The molecule has 0 saturated carbocycles. The summed E-state index contributed by atoms with van der Waals surface area (Å²) in [6.07, 6.45) is -4.20. The lowest BCUT2D eigenvalue weighted by Gasteiger charge is -2.13. The lowest BCUT2D eigenvalue weighted by Crippen LogP contribution is -2.46. The molecule has 0 aliphatic rings. The van der Waals surface area contributed by atoms with Crippen LogP contribution in [0.5, 0.6) is 0 Å². The van der Waals surface area contributed by atoms with Crippen LogP contribution in [0.25, 0.3) is 0 Å². The van der Waals surface area contributed by atoms with Crippen molar-refractivity contribution in [1.29, 1.82) is 0 Å². The van der Waals surface area contributed by atoms with Gasteiger partial charge in [-0.25, -0.2) is 9.59 Å². The monoisotopic (exact) mass is 272 g/mol. The summed E-state index contributed by atoms with van der Waals surface area (Å²) in [6.45, 7) is -0.261. The molecule has 0 unspecified atom stereocenters. The molecule has 0 aromatic rings. The molecule has 0 fully saturated rings. The molecule has 0 radical (unpaired) electrons. The Hall–Kier alpha value is -1.51. The third-order valence-electron chi connectivity index (χ3n) is 1.81. The number of rotatable bonds is 7. The molecule has 0 spiro atoms. The quantitative estimate of drug-likeness (QED) is 0.596. The number of amides is 2. The van der Waals surface area contributed by atoms with Crippen LogP contribution in [0.15, 0.2) is 0 Å². The second-order valence-electron chi connectivity index (χ2n) is 3.37. The van der Waals surface area contributed by atoms with Gasteiger partial charge < -0.3 is 20.5 Å². The van der Waals surface area contributed by atoms with Gasteiger partial charge >= 0.3 is 18.2 Å². The summed E-state index contributed by atoms with van der Waals surface area (Å²) in [5.74, 6) is -1.18. The number of carbonyl (C=O) groups excluding carboxylic acids is 1. The topological polar surface area (TPSA) is 87.7 Å². The minimum atomic E-state index is -4.40. The zero-order chi connectivity index (χ0) is 14.2. The average molecular weight is 272 g/mol. The van der Waals surface area contributed by atoms with Crippen LogP contribution in [0.4, 0.5) is 18.0 Å². The lowest BCUT2D eigenvalue weighted by atomic mass is 10.2. The number of nitrogens with one attached hydrogen (secondary N) is 2. The SMILES string of the molecule is CC[C@H](NC(=O)NCCOCC(F)(F)F)C(=O)O. The lowest BCUT2D eigenvalue weighted by molar-refractivity contribution is -0.173. The highest BCUT2D eigenvalue weighted by Gasteiger charge is 2.27. The molecule has 0 heterocycles. The Bertz CT molecular complexity index is 283. The van der Waals surface area contributed by atoms with Crippen LogP contribution in [0, 0.1) is 0 Å². The molecule has 6 nitrogen and oxygen atoms in total. The largest absolute Gasteiger partial charge is 0.480 e. The number of urea groups is 1. The Morgan fingerprint density at radius 3 is 2.44 bits per heavy atom. The van der Waals surface area contributed by atoms with E-state index >= 15 is 0 Å². The number of hydrogen-bond acceptors (Lipinski definition) is 3. The van der Waals surface area contributed by atoms with Crippen molar-refractivity contribution in [2.24, 2.45) is 0 Å². The number of carbonyl (C=O) groups is 2. The van der Waals surface area contributed by atoms with Crippen LogP contribution in [-0.4, -0.2) is 49.1 Å². The molecule has 9 heteroatoms. The first-order valence-electron chi connectivity index (χ1n) is 5.18. The molecule has 18 heavy (non-hydrogen) atoms. The molecule has 0 bridgehead atoms. The number of aliphatic carboxylic acids is 1.